The summed E-state index contributed by atoms with van der Waals surface area (Å²) in [6.45, 7) is 2.26. The zero-order valence-electron chi connectivity index (χ0n) is 12.6. The molecular formula is C16H23NO3S. The Morgan fingerprint density at radius 2 is 2.00 bits per heavy atom. The first kappa shape index (κ1) is 16.2. The van der Waals surface area contributed by atoms with Crippen molar-refractivity contribution in [2.45, 2.75) is 48.7 Å². The van der Waals surface area contributed by atoms with E-state index in [1.54, 1.807) is 24.4 Å². The van der Waals surface area contributed by atoms with Crippen LogP contribution in [0.3, 0.4) is 0 Å². The molecule has 0 bridgehead atoms. The van der Waals surface area contributed by atoms with Gasteiger partial charge in [0, 0.05) is 16.1 Å². The van der Waals surface area contributed by atoms with Crippen molar-refractivity contribution in [1.29, 1.82) is 0 Å². The van der Waals surface area contributed by atoms with Gasteiger partial charge in [-0.3, -0.25) is 10.0 Å². The minimum absolute atomic E-state index is 0.117. The summed E-state index contributed by atoms with van der Waals surface area (Å²) in [7, 11) is 1.65. The smallest absolute Gasteiger partial charge is 0.244 e. The molecule has 5 heteroatoms. The van der Waals surface area contributed by atoms with Crippen LogP contribution in [0.25, 0.3) is 0 Å². The maximum absolute atomic E-state index is 11.7. The van der Waals surface area contributed by atoms with Crippen LogP contribution in [-0.4, -0.2) is 23.0 Å². The van der Waals surface area contributed by atoms with Gasteiger partial charge in [-0.05, 0) is 55.9 Å². The van der Waals surface area contributed by atoms with Gasteiger partial charge in [0.2, 0.25) is 5.91 Å². The third-order valence-electron chi connectivity index (χ3n) is 4.19. The first-order valence-electron chi connectivity index (χ1n) is 7.33. The van der Waals surface area contributed by atoms with Crippen LogP contribution in [0, 0.1) is 5.92 Å². The molecule has 0 aromatic heterocycles. The number of hydrogen-bond acceptors (Lipinski definition) is 4. The molecule has 1 fully saturated rings. The van der Waals surface area contributed by atoms with Crippen molar-refractivity contribution in [3.63, 3.8) is 0 Å². The first-order chi connectivity index (χ1) is 10.1. The summed E-state index contributed by atoms with van der Waals surface area (Å²) in [5.74, 6) is 1.25. The Bertz CT molecular complexity index is 467. The van der Waals surface area contributed by atoms with E-state index in [1.807, 2.05) is 24.3 Å². The second-order valence-electron chi connectivity index (χ2n) is 5.85. The Labute approximate surface area is 130 Å². The number of hydroxylamine groups is 1. The quantitative estimate of drug-likeness (QED) is 0.644. The van der Waals surface area contributed by atoms with E-state index in [0.29, 0.717) is 12.3 Å². The highest BCUT2D eigenvalue weighted by atomic mass is 32.2. The molecule has 1 aromatic rings. The molecule has 1 aliphatic rings. The third-order valence-corrected chi connectivity index (χ3v) is 5.68. The lowest BCUT2D eigenvalue weighted by molar-refractivity contribution is -0.130. The SMILES string of the molecule is COc1ccc(SC2(CC(=O)NO)CCC(C)CC2)cc1. The average molecular weight is 309 g/mol. The number of rotatable bonds is 5. The number of ether oxygens (including phenoxy) is 1. The van der Waals surface area contributed by atoms with E-state index in [0.717, 1.165) is 36.3 Å². The molecule has 1 amide bonds. The van der Waals surface area contributed by atoms with Gasteiger partial charge in [0.15, 0.2) is 0 Å². The highest BCUT2D eigenvalue weighted by molar-refractivity contribution is 8.00. The molecule has 0 radical (unpaired) electrons. The van der Waals surface area contributed by atoms with Gasteiger partial charge in [0.25, 0.3) is 0 Å². The Kier molecular flexibility index (Phi) is 5.53. The standard InChI is InChI=1S/C16H23NO3S/c1-12-7-9-16(10-8-12,11-15(18)17-19)21-14-5-3-13(20-2)4-6-14/h3-6,12,19H,7-11H2,1-2H3,(H,17,18). The highest BCUT2D eigenvalue weighted by Crippen LogP contribution is 2.47. The normalized spacial score (nSPS) is 25.4. The zero-order valence-corrected chi connectivity index (χ0v) is 13.4. The van der Waals surface area contributed by atoms with Crippen molar-refractivity contribution in [3.05, 3.63) is 24.3 Å². The summed E-state index contributed by atoms with van der Waals surface area (Å²) in [5, 5.41) is 8.84. The van der Waals surface area contributed by atoms with Crippen molar-refractivity contribution in [2.75, 3.05) is 7.11 Å². The van der Waals surface area contributed by atoms with Gasteiger partial charge in [-0.25, -0.2) is 5.48 Å². The summed E-state index contributed by atoms with van der Waals surface area (Å²) < 4.78 is 5.06. The number of hydrogen-bond donors (Lipinski definition) is 2. The molecule has 0 heterocycles. The molecule has 116 valence electrons. The Balaban J connectivity index is 2.12. The van der Waals surface area contributed by atoms with E-state index in [-0.39, 0.29) is 10.7 Å². The van der Waals surface area contributed by atoms with Gasteiger partial charge in [-0.2, -0.15) is 0 Å². The van der Waals surface area contributed by atoms with Crippen LogP contribution in [0.15, 0.2) is 29.2 Å². The van der Waals surface area contributed by atoms with E-state index >= 15 is 0 Å². The second-order valence-corrected chi connectivity index (χ2v) is 7.40. The molecule has 2 rings (SSSR count). The van der Waals surface area contributed by atoms with Crippen molar-refractivity contribution in [1.82, 2.24) is 5.48 Å². The number of thioether (sulfide) groups is 1. The molecule has 0 unspecified atom stereocenters. The van der Waals surface area contributed by atoms with Crippen LogP contribution in [0.1, 0.15) is 39.0 Å². The molecule has 0 spiro atoms. The van der Waals surface area contributed by atoms with Gasteiger partial charge in [-0.15, -0.1) is 11.8 Å². The number of carbonyl (C=O) groups excluding carboxylic acids is 1. The molecule has 21 heavy (non-hydrogen) atoms. The van der Waals surface area contributed by atoms with E-state index in [2.05, 4.69) is 6.92 Å². The average Bonchev–Trinajstić information content (AvgIpc) is 2.51. The minimum Gasteiger partial charge on any atom is -0.497 e. The predicted molar refractivity (Wildman–Crippen MR) is 83.8 cm³/mol. The Morgan fingerprint density at radius 1 is 1.38 bits per heavy atom. The maximum Gasteiger partial charge on any atom is 0.244 e. The molecular weight excluding hydrogens is 286 g/mol. The van der Waals surface area contributed by atoms with E-state index in [9.17, 15) is 4.79 Å². The highest BCUT2D eigenvalue weighted by Gasteiger charge is 2.37. The molecule has 0 saturated heterocycles. The van der Waals surface area contributed by atoms with Gasteiger partial charge < -0.3 is 4.74 Å². The lowest BCUT2D eigenvalue weighted by Gasteiger charge is -2.38. The zero-order chi connectivity index (χ0) is 15.3. The Hall–Kier alpha value is -1.20. The van der Waals surface area contributed by atoms with Crippen molar-refractivity contribution < 1.29 is 14.7 Å². The first-order valence-corrected chi connectivity index (χ1v) is 8.14. The number of nitrogens with one attached hydrogen (secondary N) is 1. The minimum atomic E-state index is -0.300. The van der Waals surface area contributed by atoms with Crippen LogP contribution in [0.5, 0.6) is 5.75 Å². The molecule has 1 aliphatic carbocycles. The van der Waals surface area contributed by atoms with Crippen molar-refractivity contribution >= 4 is 17.7 Å². The number of methoxy groups -OCH3 is 1. The summed E-state index contributed by atoms with van der Waals surface area (Å²) in [5.41, 5.74) is 1.78. The predicted octanol–water partition coefficient (Wildman–Crippen LogP) is 3.63. The monoisotopic (exact) mass is 309 g/mol. The number of amides is 1. The summed E-state index contributed by atoms with van der Waals surface area (Å²) in [6.07, 6.45) is 4.60. The molecule has 2 N–H and O–H groups in total. The third kappa shape index (κ3) is 4.38. The summed E-state index contributed by atoms with van der Waals surface area (Å²) in [4.78, 5) is 12.8. The van der Waals surface area contributed by atoms with Crippen LogP contribution in [0.4, 0.5) is 0 Å². The van der Waals surface area contributed by atoms with Gasteiger partial charge in [0.05, 0.1) is 7.11 Å². The van der Waals surface area contributed by atoms with E-state index < -0.39 is 0 Å². The number of benzene rings is 1. The number of carbonyl (C=O) groups is 1. The topological polar surface area (TPSA) is 58.6 Å². The second kappa shape index (κ2) is 7.18. The van der Waals surface area contributed by atoms with Crippen LogP contribution in [0.2, 0.25) is 0 Å². The molecule has 0 atom stereocenters. The molecule has 1 aromatic carbocycles. The summed E-state index contributed by atoms with van der Waals surface area (Å²) in [6, 6.07) is 7.93. The maximum atomic E-state index is 11.7. The fourth-order valence-corrected chi connectivity index (χ4v) is 4.24. The van der Waals surface area contributed by atoms with Crippen LogP contribution >= 0.6 is 11.8 Å². The molecule has 4 nitrogen and oxygen atoms in total. The fourth-order valence-electron chi connectivity index (χ4n) is 2.83. The van der Waals surface area contributed by atoms with Gasteiger partial charge in [-0.1, -0.05) is 6.92 Å². The van der Waals surface area contributed by atoms with E-state index in [1.165, 1.54) is 0 Å². The lowest BCUT2D eigenvalue weighted by atomic mass is 9.80. The molecule has 1 saturated carbocycles. The van der Waals surface area contributed by atoms with Gasteiger partial charge >= 0.3 is 0 Å². The fraction of sp³-hybridized carbons (Fsp3) is 0.562. The van der Waals surface area contributed by atoms with E-state index in [4.69, 9.17) is 9.94 Å². The van der Waals surface area contributed by atoms with Crippen molar-refractivity contribution in [2.24, 2.45) is 5.92 Å². The lowest BCUT2D eigenvalue weighted by Crippen LogP contribution is -2.36. The van der Waals surface area contributed by atoms with Crippen LogP contribution < -0.4 is 10.2 Å². The Morgan fingerprint density at radius 3 is 2.52 bits per heavy atom. The largest absolute Gasteiger partial charge is 0.497 e. The van der Waals surface area contributed by atoms with Crippen molar-refractivity contribution in [3.8, 4) is 5.75 Å². The van der Waals surface area contributed by atoms with Crippen LogP contribution in [-0.2, 0) is 4.79 Å². The van der Waals surface area contributed by atoms with Gasteiger partial charge in [0.1, 0.15) is 5.75 Å². The summed E-state index contributed by atoms with van der Waals surface area (Å²) >= 11 is 1.75. The molecule has 0 aliphatic heterocycles.